The number of ether oxygens (including phenoxy) is 2. The van der Waals surface area contributed by atoms with E-state index >= 15 is 0 Å². The second kappa shape index (κ2) is 8.58. The molecular weight excluding hydrogens is 332 g/mol. The van der Waals surface area contributed by atoms with E-state index in [1.54, 1.807) is 30.3 Å². The Kier molecular flexibility index (Phi) is 6.23. The molecule has 0 spiro atoms. The fourth-order valence-electron chi connectivity index (χ4n) is 2.22. The standard InChI is InChI=1S/C20H20N2O4/c1-13(2)26-19-14(5-4-6-18(19)25-3)11-15(12-21)20(24)22-16-7-9-17(23)10-8-16/h4-11,13,23H,1-3H3,(H,22,24)/b15-11-. The van der Waals surface area contributed by atoms with Crippen LogP contribution in [-0.2, 0) is 4.79 Å². The Balaban J connectivity index is 2.34. The average molecular weight is 352 g/mol. The van der Waals surface area contributed by atoms with Crippen molar-refractivity contribution in [3.8, 4) is 23.3 Å². The Morgan fingerprint density at radius 1 is 1.23 bits per heavy atom. The third kappa shape index (κ3) is 4.77. The van der Waals surface area contributed by atoms with Gasteiger partial charge in [-0.05, 0) is 50.3 Å². The average Bonchev–Trinajstić information content (AvgIpc) is 2.62. The van der Waals surface area contributed by atoms with Crippen LogP contribution in [0.4, 0.5) is 5.69 Å². The number of hydrogen-bond acceptors (Lipinski definition) is 5. The van der Waals surface area contributed by atoms with Gasteiger partial charge >= 0.3 is 0 Å². The number of anilines is 1. The van der Waals surface area contributed by atoms with E-state index in [0.29, 0.717) is 22.7 Å². The first-order valence-corrected chi connectivity index (χ1v) is 8.00. The molecule has 0 saturated carbocycles. The zero-order valence-corrected chi connectivity index (χ0v) is 14.8. The number of phenols is 1. The summed E-state index contributed by atoms with van der Waals surface area (Å²) in [5.74, 6) is 0.515. The fraction of sp³-hybridized carbons (Fsp3) is 0.200. The van der Waals surface area contributed by atoms with Gasteiger partial charge in [-0.3, -0.25) is 4.79 Å². The lowest BCUT2D eigenvalue weighted by Gasteiger charge is -2.16. The number of benzene rings is 2. The van der Waals surface area contributed by atoms with Crippen molar-refractivity contribution in [3.05, 3.63) is 53.6 Å². The molecule has 0 saturated heterocycles. The third-order valence-electron chi connectivity index (χ3n) is 3.37. The van der Waals surface area contributed by atoms with Crippen LogP contribution in [0.5, 0.6) is 17.2 Å². The smallest absolute Gasteiger partial charge is 0.266 e. The number of amides is 1. The normalized spacial score (nSPS) is 11.0. The summed E-state index contributed by atoms with van der Waals surface area (Å²) in [6.45, 7) is 3.76. The Morgan fingerprint density at radius 2 is 1.92 bits per heavy atom. The highest BCUT2D eigenvalue weighted by Gasteiger charge is 2.15. The van der Waals surface area contributed by atoms with Crippen molar-refractivity contribution in [1.29, 1.82) is 5.26 Å². The largest absolute Gasteiger partial charge is 0.508 e. The summed E-state index contributed by atoms with van der Waals surface area (Å²) >= 11 is 0. The SMILES string of the molecule is COc1cccc(/C=C(/C#N)C(=O)Nc2ccc(O)cc2)c1OC(C)C. The quantitative estimate of drug-likeness (QED) is 0.469. The lowest BCUT2D eigenvalue weighted by molar-refractivity contribution is -0.112. The van der Waals surface area contributed by atoms with Gasteiger partial charge in [0.25, 0.3) is 5.91 Å². The minimum Gasteiger partial charge on any atom is -0.508 e. The summed E-state index contributed by atoms with van der Waals surface area (Å²) in [6, 6.07) is 13.1. The number of hydrogen-bond donors (Lipinski definition) is 2. The van der Waals surface area contributed by atoms with Crippen LogP contribution in [0.3, 0.4) is 0 Å². The number of nitrogens with one attached hydrogen (secondary N) is 1. The van der Waals surface area contributed by atoms with Crippen LogP contribution in [0.1, 0.15) is 19.4 Å². The van der Waals surface area contributed by atoms with Crippen LogP contribution in [0.15, 0.2) is 48.0 Å². The highest BCUT2D eigenvalue weighted by Crippen LogP contribution is 2.33. The summed E-state index contributed by atoms with van der Waals surface area (Å²) in [5, 5.41) is 21.3. The topological polar surface area (TPSA) is 91.6 Å². The number of aromatic hydroxyl groups is 1. The molecule has 0 unspecified atom stereocenters. The van der Waals surface area contributed by atoms with Gasteiger partial charge in [0.15, 0.2) is 11.5 Å². The molecular formula is C20H20N2O4. The van der Waals surface area contributed by atoms with Gasteiger partial charge in [0, 0.05) is 11.3 Å². The maximum absolute atomic E-state index is 12.4. The number of rotatable bonds is 6. The number of carbonyl (C=O) groups is 1. The van der Waals surface area contributed by atoms with E-state index in [0.717, 1.165) is 0 Å². The van der Waals surface area contributed by atoms with E-state index in [1.807, 2.05) is 19.9 Å². The van der Waals surface area contributed by atoms with E-state index in [2.05, 4.69) is 5.32 Å². The molecule has 0 atom stereocenters. The van der Waals surface area contributed by atoms with Crippen molar-refractivity contribution >= 4 is 17.7 Å². The number of nitrogens with zero attached hydrogens (tertiary/aromatic N) is 1. The zero-order valence-electron chi connectivity index (χ0n) is 14.8. The predicted molar refractivity (Wildman–Crippen MR) is 99.1 cm³/mol. The first-order chi connectivity index (χ1) is 12.4. The van der Waals surface area contributed by atoms with Gasteiger partial charge in [0.1, 0.15) is 17.4 Å². The zero-order chi connectivity index (χ0) is 19.1. The Morgan fingerprint density at radius 3 is 2.50 bits per heavy atom. The van der Waals surface area contributed by atoms with Crippen molar-refractivity contribution in [2.75, 3.05) is 12.4 Å². The highest BCUT2D eigenvalue weighted by atomic mass is 16.5. The molecule has 0 bridgehead atoms. The third-order valence-corrected chi connectivity index (χ3v) is 3.37. The molecule has 6 heteroatoms. The minimum absolute atomic E-state index is 0.0834. The number of carbonyl (C=O) groups excluding carboxylic acids is 1. The van der Waals surface area contributed by atoms with Gasteiger partial charge < -0.3 is 19.9 Å². The molecule has 2 aromatic rings. The lowest BCUT2D eigenvalue weighted by Crippen LogP contribution is -2.13. The van der Waals surface area contributed by atoms with Crippen molar-refractivity contribution in [1.82, 2.24) is 0 Å². The van der Waals surface area contributed by atoms with E-state index in [1.165, 1.54) is 25.3 Å². The Bertz CT molecular complexity index is 849. The monoisotopic (exact) mass is 352 g/mol. The minimum atomic E-state index is -0.559. The van der Waals surface area contributed by atoms with E-state index in [4.69, 9.17) is 9.47 Å². The van der Waals surface area contributed by atoms with E-state index in [-0.39, 0.29) is 17.4 Å². The summed E-state index contributed by atoms with van der Waals surface area (Å²) in [4.78, 5) is 12.4. The van der Waals surface area contributed by atoms with Crippen molar-refractivity contribution < 1.29 is 19.4 Å². The van der Waals surface area contributed by atoms with Crippen molar-refractivity contribution in [2.45, 2.75) is 20.0 Å². The molecule has 1 amide bonds. The van der Waals surface area contributed by atoms with Crippen molar-refractivity contribution in [2.24, 2.45) is 0 Å². The second-order valence-corrected chi connectivity index (χ2v) is 5.72. The molecule has 0 aliphatic rings. The summed E-state index contributed by atoms with van der Waals surface area (Å²) in [5.41, 5.74) is 0.952. The van der Waals surface area contributed by atoms with E-state index in [9.17, 15) is 15.2 Å². The van der Waals surface area contributed by atoms with Crippen LogP contribution in [0.25, 0.3) is 6.08 Å². The van der Waals surface area contributed by atoms with E-state index < -0.39 is 5.91 Å². The van der Waals surface area contributed by atoms with Crippen LogP contribution < -0.4 is 14.8 Å². The summed E-state index contributed by atoms with van der Waals surface area (Å²) < 4.78 is 11.1. The van der Waals surface area contributed by atoms with Gasteiger partial charge in [-0.1, -0.05) is 12.1 Å². The lowest BCUT2D eigenvalue weighted by atomic mass is 10.1. The molecule has 0 fully saturated rings. The molecule has 0 aliphatic heterocycles. The molecule has 0 heterocycles. The van der Waals surface area contributed by atoms with Gasteiger partial charge in [0.2, 0.25) is 0 Å². The second-order valence-electron chi connectivity index (χ2n) is 5.72. The first kappa shape index (κ1) is 18.9. The summed E-state index contributed by atoms with van der Waals surface area (Å²) in [7, 11) is 1.53. The number of phenolic OH excluding ortho intramolecular Hbond substituents is 1. The van der Waals surface area contributed by atoms with Crippen LogP contribution >= 0.6 is 0 Å². The highest BCUT2D eigenvalue weighted by molar-refractivity contribution is 6.09. The molecule has 0 aliphatic carbocycles. The van der Waals surface area contributed by atoms with Crippen LogP contribution in [-0.4, -0.2) is 24.2 Å². The van der Waals surface area contributed by atoms with Crippen LogP contribution in [0.2, 0.25) is 0 Å². The molecule has 26 heavy (non-hydrogen) atoms. The molecule has 6 nitrogen and oxygen atoms in total. The fourth-order valence-corrected chi connectivity index (χ4v) is 2.22. The number of para-hydroxylation sites is 1. The van der Waals surface area contributed by atoms with Crippen LogP contribution in [0, 0.1) is 11.3 Å². The molecule has 0 aromatic heterocycles. The molecule has 2 aromatic carbocycles. The van der Waals surface area contributed by atoms with Gasteiger partial charge in [0.05, 0.1) is 13.2 Å². The number of methoxy groups -OCH3 is 1. The molecule has 2 rings (SSSR count). The first-order valence-electron chi connectivity index (χ1n) is 8.00. The predicted octanol–water partition coefficient (Wildman–Crippen LogP) is 3.73. The Hall–Kier alpha value is -3.46. The molecule has 2 N–H and O–H groups in total. The Labute approximate surface area is 152 Å². The van der Waals surface area contributed by atoms with Gasteiger partial charge in [-0.2, -0.15) is 5.26 Å². The maximum atomic E-state index is 12.4. The van der Waals surface area contributed by atoms with Gasteiger partial charge in [-0.15, -0.1) is 0 Å². The van der Waals surface area contributed by atoms with Crippen molar-refractivity contribution in [3.63, 3.8) is 0 Å². The number of nitriles is 1. The van der Waals surface area contributed by atoms with Gasteiger partial charge in [-0.25, -0.2) is 0 Å². The molecule has 0 radical (unpaired) electrons. The molecule has 134 valence electrons. The summed E-state index contributed by atoms with van der Waals surface area (Å²) in [6.07, 6.45) is 1.35. The maximum Gasteiger partial charge on any atom is 0.266 e.